The number of benzene rings is 2. The Morgan fingerprint density at radius 1 is 1.10 bits per heavy atom. The highest BCUT2D eigenvalue weighted by molar-refractivity contribution is 9.10. The fraction of sp³-hybridized carbons (Fsp3) is 0.125. The summed E-state index contributed by atoms with van der Waals surface area (Å²) in [5.74, 6) is -0.887. The first-order valence-corrected chi connectivity index (χ1v) is 7.07. The molecule has 0 atom stereocenters. The van der Waals surface area contributed by atoms with Crippen LogP contribution in [0, 0.1) is 6.92 Å². The van der Waals surface area contributed by atoms with Crippen LogP contribution < -0.4 is 4.90 Å². The third-order valence-electron chi connectivity index (χ3n) is 3.52. The monoisotopic (exact) mass is 329 g/mol. The number of fused-ring (bicyclic) bond motifs is 1. The van der Waals surface area contributed by atoms with Crippen molar-refractivity contribution in [3.05, 3.63) is 63.6 Å². The number of aryl methyl sites for hydroxylation is 1. The lowest BCUT2D eigenvalue weighted by atomic mass is 10.1. The first kappa shape index (κ1) is 13.1. The van der Waals surface area contributed by atoms with Crippen LogP contribution in [0.25, 0.3) is 0 Å². The largest absolute Gasteiger partial charge is 0.300 e. The van der Waals surface area contributed by atoms with E-state index in [0.29, 0.717) is 17.8 Å². The smallest absolute Gasteiger partial charge is 0.299 e. The van der Waals surface area contributed by atoms with E-state index in [1.807, 2.05) is 37.3 Å². The molecule has 0 spiro atoms. The van der Waals surface area contributed by atoms with Crippen molar-refractivity contribution in [2.45, 2.75) is 13.5 Å². The van der Waals surface area contributed by atoms with Crippen LogP contribution in [-0.4, -0.2) is 11.7 Å². The van der Waals surface area contributed by atoms with Crippen molar-refractivity contribution in [2.75, 3.05) is 4.90 Å². The van der Waals surface area contributed by atoms with Gasteiger partial charge in [0.05, 0.1) is 17.8 Å². The molecule has 0 aromatic heterocycles. The van der Waals surface area contributed by atoms with Crippen LogP contribution in [0.5, 0.6) is 0 Å². The normalized spacial score (nSPS) is 13.8. The van der Waals surface area contributed by atoms with Gasteiger partial charge in [-0.1, -0.05) is 40.2 Å². The molecule has 0 saturated heterocycles. The van der Waals surface area contributed by atoms with Crippen LogP contribution in [0.2, 0.25) is 0 Å². The van der Waals surface area contributed by atoms with E-state index in [-0.39, 0.29) is 0 Å². The molecule has 0 unspecified atom stereocenters. The summed E-state index contributed by atoms with van der Waals surface area (Å²) in [5.41, 5.74) is 3.31. The van der Waals surface area contributed by atoms with Crippen molar-refractivity contribution in [3.63, 3.8) is 0 Å². The summed E-state index contributed by atoms with van der Waals surface area (Å²) in [4.78, 5) is 25.7. The second kappa shape index (κ2) is 4.87. The van der Waals surface area contributed by atoms with Gasteiger partial charge in [-0.2, -0.15) is 0 Å². The van der Waals surface area contributed by atoms with Gasteiger partial charge < -0.3 is 4.90 Å². The number of hydrogen-bond donors (Lipinski definition) is 0. The summed E-state index contributed by atoms with van der Waals surface area (Å²) < 4.78 is 0.855. The summed E-state index contributed by atoms with van der Waals surface area (Å²) in [6.45, 7) is 2.42. The minimum atomic E-state index is -0.457. The minimum Gasteiger partial charge on any atom is -0.300 e. The van der Waals surface area contributed by atoms with E-state index in [1.165, 1.54) is 0 Å². The number of Topliss-reactive ketones (excluding diaryl/α,β-unsaturated/α-hetero) is 1. The highest BCUT2D eigenvalue weighted by Crippen LogP contribution is 2.33. The third kappa shape index (κ3) is 2.06. The molecule has 0 radical (unpaired) electrons. The zero-order chi connectivity index (χ0) is 14.3. The highest BCUT2D eigenvalue weighted by atomic mass is 79.9. The lowest BCUT2D eigenvalue weighted by Gasteiger charge is -2.18. The molecule has 0 bridgehead atoms. The summed E-state index contributed by atoms with van der Waals surface area (Å²) in [7, 11) is 0. The molecule has 3 rings (SSSR count). The molecule has 2 aromatic rings. The molecule has 1 heterocycles. The maximum atomic E-state index is 12.2. The third-order valence-corrected chi connectivity index (χ3v) is 4.02. The summed E-state index contributed by atoms with van der Waals surface area (Å²) in [6, 6.07) is 13.2. The van der Waals surface area contributed by atoms with Crippen LogP contribution in [0.4, 0.5) is 5.69 Å². The van der Waals surface area contributed by atoms with E-state index in [2.05, 4.69) is 15.9 Å². The molecule has 100 valence electrons. The Labute approximate surface area is 125 Å². The number of amides is 1. The molecule has 1 aliphatic heterocycles. The predicted octanol–water partition coefficient (Wildman–Crippen LogP) is 3.49. The Kier molecular flexibility index (Phi) is 3.18. The van der Waals surface area contributed by atoms with Crippen LogP contribution in [-0.2, 0) is 11.3 Å². The lowest BCUT2D eigenvalue weighted by Crippen LogP contribution is -2.29. The summed E-state index contributed by atoms with van der Waals surface area (Å²) >= 11 is 3.38. The molecule has 0 saturated carbocycles. The molecule has 4 heteroatoms. The zero-order valence-corrected chi connectivity index (χ0v) is 12.5. The van der Waals surface area contributed by atoms with Crippen LogP contribution in [0.3, 0.4) is 0 Å². The molecular formula is C16H12BrNO2. The second-order valence-electron chi connectivity index (χ2n) is 4.81. The SMILES string of the molecule is Cc1ccccc1CN1C(=O)C(=O)c2ccc(Br)cc21. The van der Waals surface area contributed by atoms with Gasteiger partial charge in [0.2, 0.25) is 0 Å². The molecule has 1 aliphatic rings. The molecule has 1 amide bonds. The molecule has 20 heavy (non-hydrogen) atoms. The van der Waals surface area contributed by atoms with Gasteiger partial charge in [-0.05, 0) is 36.2 Å². The predicted molar refractivity (Wildman–Crippen MR) is 80.8 cm³/mol. The number of nitrogens with zero attached hydrogens (tertiary/aromatic N) is 1. The van der Waals surface area contributed by atoms with Gasteiger partial charge in [-0.25, -0.2) is 0 Å². The van der Waals surface area contributed by atoms with Crippen LogP contribution >= 0.6 is 15.9 Å². The first-order chi connectivity index (χ1) is 9.58. The average molecular weight is 330 g/mol. The van der Waals surface area contributed by atoms with E-state index in [0.717, 1.165) is 15.6 Å². The van der Waals surface area contributed by atoms with Crippen molar-refractivity contribution in [2.24, 2.45) is 0 Å². The van der Waals surface area contributed by atoms with Gasteiger partial charge in [-0.15, -0.1) is 0 Å². The van der Waals surface area contributed by atoms with E-state index < -0.39 is 11.7 Å². The standard InChI is InChI=1S/C16H12BrNO2/c1-10-4-2-3-5-11(10)9-18-14-8-12(17)6-7-13(14)15(19)16(18)20/h2-8H,9H2,1H3. The van der Waals surface area contributed by atoms with E-state index >= 15 is 0 Å². The van der Waals surface area contributed by atoms with Gasteiger partial charge in [0.15, 0.2) is 0 Å². The lowest BCUT2D eigenvalue weighted by molar-refractivity contribution is -0.114. The van der Waals surface area contributed by atoms with Gasteiger partial charge in [0, 0.05) is 4.47 Å². The van der Waals surface area contributed by atoms with Crippen LogP contribution in [0.15, 0.2) is 46.9 Å². The summed E-state index contributed by atoms with van der Waals surface area (Å²) in [6.07, 6.45) is 0. The highest BCUT2D eigenvalue weighted by Gasteiger charge is 2.35. The quantitative estimate of drug-likeness (QED) is 0.791. The maximum Gasteiger partial charge on any atom is 0.299 e. The molecule has 3 nitrogen and oxygen atoms in total. The van der Waals surface area contributed by atoms with Crippen molar-refractivity contribution >= 4 is 33.3 Å². The van der Waals surface area contributed by atoms with Crippen molar-refractivity contribution < 1.29 is 9.59 Å². The number of hydrogen-bond acceptors (Lipinski definition) is 2. The second-order valence-corrected chi connectivity index (χ2v) is 5.72. The Balaban J connectivity index is 2.03. The Morgan fingerprint density at radius 3 is 2.60 bits per heavy atom. The fourth-order valence-corrected chi connectivity index (χ4v) is 2.73. The first-order valence-electron chi connectivity index (χ1n) is 6.28. The van der Waals surface area contributed by atoms with Crippen molar-refractivity contribution in [1.29, 1.82) is 0 Å². The zero-order valence-electron chi connectivity index (χ0n) is 10.9. The molecule has 0 aliphatic carbocycles. The number of carbonyl (C=O) groups excluding carboxylic acids is 2. The van der Waals surface area contributed by atoms with Gasteiger partial charge in [0.25, 0.3) is 11.7 Å². The molecule has 0 fully saturated rings. The Morgan fingerprint density at radius 2 is 1.85 bits per heavy atom. The average Bonchev–Trinajstić information content (AvgIpc) is 2.66. The fourth-order valence-electron chi connectivity index (χ4n) is 2.38. The van der Waals surface area contributed by atoms with Gasteiger partial charge >= 0.3 is 0 Å². The molecule has 0 N–H and O–H groups in total. The van der Waals surface area contributed by atoms with Crippen LogP contribution in [0.1, 0.15) is 21.5 Å². The number of rotatable bonds is 2. The number of ketones is 1. The number of carbonyl (C=O) groups is 2. The van der Waals surface area contributed by atoms with E-state index in [4.69, 9.17) is 0 Å². The van der Waals surface area contributed by atoms with Crippen molar-refractivity contribution in [3.8, 4) is 0 Å². The number of anilines is 1. The Bertz CT molecular complexity index is 724. The molecule has 2 aromatic carbocycles. The van der Waals surface area contributed by atoms with Gasteiger partial charge in [0.1, 0.15) is 0 Å². The molecular weight excluding hydrogens is 318 g/mol. The topological polar surface area (TPSA) is 37.4 Å². The minimum absolute atomic E-state index is 0.417. The van der Waals surface area contributed by atoms with Crippen molar-refractivity contribution in [1.82, 2.24) is 0 Å². The Hall–Kier alpha value is -1.94. The van der Waals surface area contributed by atoms with Gasteiger partial charge in [-0.3, -0.25) is 9.59 Å². The maximum absolute atomic E-state index is 12.2. The van der Waals surface area contributed by atoms with E-state index in [1.54, 1.807) is 17.0 Å². The van der Waals surface area contributed by atoms with E-state index in [9.17, 15) is 9.59 Å². The summed E-state index contributed by atoms with van der Waals surface area (Å²) in [5, 5.41) is 0. The number of halogens is 1.